The third-order valence-corrected chi connectivity index (χ3v) is 5.75. The molecule has 164 valence electrons. The SMILES string of the molecule is C=C/C(=C\C1=C(C)NC(=O)/C1=C\c1[nH]c(C)cc1C)c1ccc(C(=O)c2ccccc2)cc1. The molecule has 3 aromatic rings. The van der Waals surface area contributed by atoms with Gasteiger partial charge in [0.05, 0.1) is 5.57 Å². The molecule has 0 spiro atoms. The van der Waals surface area contributed by atoms with Crippen LogP contribution in [-0.4, -0.2) is 16.7 Å². The highest BCUT2D eigenvalue weighted by atomic mass is 16.2. The Balaban J connectivity index is 1.67. The number of H-pyrrole nitrogens is 1. The van der Waals surface area contributed by atoms with Gasteiger partial charge in [-0.25, -0.2) is 0 Å². The number of aromatic nitrogens is 1. The van der Waals surface area contributed by atoms with E-state index in [0.717, 1.165) is 39.4 Å². The molecule has 1 amide bonds. The molecular formula is C29H26N2O2. The highest BCUT2D eigenvalue weighted by Crippen LogP contribution is 2.29. The molecule has 33 heavy (non-hydrogen) atoms. The second-order valence-corrected chi connectivity index (χ2v) is 8.18. The molecule has 2 heterocycles. The van der Waals surface area contributed by atoms with Crippen molar-refractivity contribution in [2.75, 3.05) is 0 Å². The summed E-state index contributed by atoms with van der Waals surface area (Å²) >= 11 is 0. The van der Waals surface area contributed by atoms with Crippen LogP contribution in [0, 0.1) is 13.8 Å². The predicted octanol–water partition coefficient (Wildman–Crippen LogP) is 5.92. The first kappa shape index (κ1) is 22.0. The van der Waals surface area contributed by atoms with Crippen molar-refractivity contribution in [3.05, 3.63) is 130 Å². The molecule has 2 aromatic carbocycles. The second kappa shape index (κ2) is 9.13. The number of hydrogen-bond donors (Lipinski definition) is 2. The van der Waals surface area contributed by atoms with Gasteiger partial charge in [0.1, 0.15) is 0 Å². The lowest BCUT2D eigenvalue weighted by atomic mass is 9.96. The van der Waals surface area contributed by atoms with Gasteiger partial charge in [-0.15, -0.1) is 0 Å². The monoisotopic (exact) mass is 434 g/mol. The van der Waals surface area contributed by atoms with Crippen molar-refractivity contribution < 1.29 is 9.59 Å². The van der Waals surface area contributed by atoms with E-state index in [9.17, 15) is 9.59 Å². The fourth-order valence-corrected chi connectivity index (χ4v) is 3.99. The molecule has 0 saturated heterocycles. The summed E-state index contributed by atoms with van der Waals surface area (Å²) in [5.41, 5.74) is 8.34. The summed E-state index contributed by atoms with van der Waals surface area (Å²) in [6, 6.07) is 18.7. The first-order valence-corrected chi connectivity index (χ1v) is 10.8. The molecule has 0 unspecified atom stereocenters. The summed E-state index contributed by atoms with van der Waals surface area (Å²) in [5.74, 6) is -0.144. The lowest BCUT2D eigenvalue weighted by Gasteiger charge is -2.07. The van der Waals surface area contributed by atoms with E-state index in [4.69, 9.17) is 0 Å². The number of aryl methyl sites for hydroxylation is 2. The van der Waals surface area contributed by atoms with Gasteiger partial charge in [0, 0.05) is 33.8 Å². The minimum absolute atomic E-state index is 0.0164. The van der Waals surface area contributed by atoms with Gasteiger partial charge in [0.15, 0.2) is 5.78 Å². The Morgan fingerprint density at radius 1 is 0.909 bits per heavy atom. The first-order chi connectivity index (χ1) is 15.9. The summed E-state index contributed by atoms with van der Waals surface area (Å²) < 4.78 is 0. The summed E-state index contributed by atoms with van der Waals surface area (Å²) in [4.78, 5) is 28.7. The molecule has 0 radical (unpaired) electrons. The van der Waals surface area contributed by atoms with Crippen LogP contribution in [0.15, 0.2) is 96.2 Å². The number of allylic oxidation sites excluding steroid dienone is 4. The van der Waals surface area contributed by atoms with Gasteiger partial charge < -0.3 is 10.3 Å². The number of ketones is 1. The number of carbonyl (C=O) groups excluding carboxylic acids is 2. The van der Waals surface area contributed by atoms with Gasteiger partial charge in [-0.1, -0.05) is 67.3 Å². The van der Waals surface area contributed by atoms with Gasteiger partial charge >= 0.3 is 0 Å². The van der Waals surface area contributed by atoms with Crippen molar-refractivity contribution in [3.63, 3.8) is 0 Å². The number of rotatable bonds is 6. The molecule has 4 rings (SSSR count). The third kappa shape index (κ3) is 4.55. The van der Waals surface area contributed by atoms with Crippen molar-refractivity contribution in [2.24, 2.45) is 0 Å². The van der Waals surface area contributed by atoms with Crippen LogP contribution in [0.3, 0.4) is 0 Å². The Labute approximate surface area is 194 Å². The van der Waals surface area contributed by atoms with E-state index in [1.54, 1.807) is 6.08 Å². The van der Waals surface area contributed by atoms with E-state index in [1.807, 2.05) is 87.5 Å². The number of carbonyl (C=O) groups is 2. The zero-order valence-electron chi connectivity index (χ0n) is 19.0. The zero-order chi connectivity index (χ0) is 23.5. The van der Waals surface area contributed by atoms with Crippen LogP contribution in [0.1, 0.15) is 45.4 Å². The zero-order valence-corrected chi connectivity index (χ0v) is 19.0. The fourth-order valence-electron chi connectivity index (χ4n) is 3.99. The molecule has 0 atom stereocenters. The standard InChI is InChI=1S/C29H26N2O2/c1-5-21(22-11-13-24(14-12-22)28(32)23-9-7-6-8-10-23)16-25-20(4)31-29(33)26(25)17-27-18(2)15-19(3)30-27/h5-17,30H,1H2,2-4H3,(H,31,33)/b21-16+,26-17-. The molecule has 1 aliphatic heterocycles. The maximum absolute atomic E-state index is 12.7. The maximum atomic E-state index is 12.7. The van der Waals surface area contributed by atoms with Crippen LogP contribution >= 0.6 is 0 Å². The summed E-state index contributed by atoms with van der Waals surface area (Å²) in [5, 5.41) is 2.92. The minimum Gasteiger partial charge on any atom is -0.359 e. The molecular weight excluding hydrogens is 408 g/mol. The Bertz CT molecular complexity index is 1330. The van der Waals surface area contributed by atoms with E-state index in [-0.39, 0.29) is 11.7 Å². The highest BCUT2D eigenvalue weighted by Gasteiger charge is 2.24. The number of aromatic amines is 1. The fraction of sp³-hybridized carbons (Fsp3) is 0.103. The molecule has 0 fully saturated rings. The Morgan fingerprint density at radius 2 is 1.55 bits per heavy atom. The van der Waals surface area contributed by atoms with Crippen molar-refractivity contribution >= 4 is 23.3 Å². The molecule has 4 nitrogen and oxygen atoms in total. The average Bonchev–Trinajstić information content (AvgIpc) is 3.28. The van der Waals surface area contributed by atoms with E-state index in [1.165, 1.54) is 0 Å². The van der Waals surface area contributed by atoms with Gasteiger partial charge in [-0.05, 0) is 55.7 Å². The molecule has 0 saturated carbocycles. The second-order valence-electron chi connectivity index (χ2n) is 8.18. The first-order valence-electron chi connectivity index (χ1n) is 10.8. The highest BCUT2D eigenvalue weighted by molar-refractivity contribution is 6.09. The third-order valence-electron chi connectivity index (χ3n) is 5.75. The molecule has 2 N–H and O–H groups in total. The van der Waals surface area contributed by atoms with Gasteiger partial charge in [0.25, 0.3) is 5.91 Å². The maximum Gasteiger partial charge on any atom is 0.256 e. The average molecular weight is 435 g/mol. The van der Waals surface area contributed by atoms with Gasteiger partial charge in [-0.2, -0.15) is 0 Å². The number of nitrogens with one attached hydrogen (secondary N) is 2. The lowest BCUT2D eigenvalue weighted by Crippen LogP contribution is -2.14. The molecule has 0 bridgehead atoms. The summed E-state index contributed by atoms with van der Waals surface area (Å²) in [6.45, 7) is 9.86. The van der Waals surface area contributed by atoms with Crippen LogP contribution in [0.25, 0.3) is 11.6 Å². The molecule has 1 aliphatic rings. The van der Waals surface area contributed by atoms with Crippen molar-refractivity contribution in [2.45, 2.75) is 20.8 Å². The normalized spacial score (nSPS) is 15.2. The summed E-state index contributed by atoms with van der Waals surface area (Å²) in [6.07, 6.45) is 5.62. The van der Waals surface area contributed by atoms with Crippen molar-refractivity contribution in [1.29, 1.82) is 0 Å². The molecule has 1 aromatic heterocycles. The Morgan fingerprint density at radius 3 is 2.15 bits per heavy atom. The lowest BCUT2D eigenvalue weighted by molar-refractivity contribution is -0.115. The van der Waals surface area contributed by atoms with Crippen LogP contribution in [-0.2, 0) is 4.79 Å². The smallest absolute Gasteiger partial charge is 0.256 e. The number of hydrogen-bond acceptors (Lipinski definition) is 2. The van der Waals surface area contributed by atoms with Crippen LogP contribution < -0.4 is 5.32 Å². The summed E-state index contributed by atoms with van der Waals surface area (Å²) in [7, 11) is 0. The van der Waals surface area contributed by atoms with Crippen molar-refractivity contribution in [3.8, 4) is 0 Å². The number of amides is 1. The predicted molar refractivity (Wildman–Crippen MR) is 134 cm³/mol. The molecule has 4 heteroatoms. The van der Waals surface area contributed by atoms with Crippen LogP contribution in [0.2, 0.25) is 0 Å². The van der Waals surface area contributed by atoms with Gasteiger partial charge in [0.2, 0.25) is 0 Å². The minimum atomic E-state index is -0.127. The number of benzene rings is 2. The Hall–Kier alpha value is -4.18. The molecule has 0 aliphatic carbocycles. The Kier molecular flexibility index (Phi) is 6.09. The topological polar surface area (TPSA) is 62.0 Å². The van der Waals surface area contributed by atoms with Crippen LogP contribution in [0.5, 0.6) is 0 Å². The largest absolute Gasteiger partial charge is 0.359 e. The van der Waals surface area contributed by atoms with E-state index < -0.39 is 0 Å². The van der Waals surface area contributed by atoms with Crippen molar-refractivity contribution in [1.82, 2.24) is 10.3 Å². The van der Waals surface area contributed by atoms with Crippen LogP contribution in [0.4, 0.5) is 0 Å². The van der Waals surface area contributed by atoms with E-state index in [0.29, 0.717) is 16.7 Å². The quantitative estimate of drug-likeness (QED) is 0.287. The van der Waals surface area contributed by atoms with Gasteiger partial charge in [-0.3, -0.25) is 9.59 Å². The van der Waals surface area contributed by atoms with E-state index in [2.05, 4.69) is 22.9 Å². The van der Waals surface area contributed by atoms with E-state index >= 15 is 0 Å².